The van der Waals surface area contributed by atoms with Gasteiger partial charge in [-0.2, -0.15) is 0 Å². The van der Waals surface area contributed by atoms with Crippen molar-refractivity contribution in [3.63, 3.8) is 0 Å². The summed E-state index contributed by atoms with van der Waals surface area (Å²) >= 11 is 0. The first kappa shape index (κ1) is 13.5. The molecule has 0 aromatic heterocycles. The molecule has 0 saturated heterocycles. The lowest BCUT2D eigenvalue weighted by Gasteiger charge is -2.05. The first-order valence-corrected chi connectivity index (χ1v) is 5.69. The van der Waals surface area contributed by atoms with E-state index in [1.54, 1.807) is 13.0 Å². The van der Waals surface area contributed by atoms with Crippen LogP contribution in [0.5, 0.6) is 5.75 Å². The average molecular weight is 239 g/mol. The molecular formula is C13H18FNO2. The van der Waals surface area contributed by atoms with Crippen molar-refractivity contribution in [2.75, 3.05) is 13.7 Å². The molecule has 1 aromatic carbocycles. The van der Waals surface area contributed by atoms with Gasteiger partial charge in [-0.25, -0.2) is 4.39 Å². The Morgan fingerprint density at radius 3 is 2.76 bits per heavy atom. The summed E-state index contributed by atoms with van der Waals surface area (Å²) in [5.74, 6) is 0.130. The number of oxime groups is 1. The molecule has 94 valence electrons. The van der Waals surface area contributed by atoms with Crippen LogP contribution in [0, 0.1) is 5.82 Å². The van der Waals surface area contributed by atoms with Crippen LogP contribution in [0.15, 0.2) is 23.4 Å². The molecule has 0 bridgehead atoms. The van der Waals surface area contributed by atoms with Gasteiger partial charge in [-0.05, 0) is 25.5 Å². The lowest BCUT2D eigenvalue weighted by atomic mass is 10.1. The van der Waals surface area contributed by atoms with Crippen molar-refractivity contribution in [3.8, 4) is 5.75 Å². The summed E-state index contributed by atoms with van der Waals surface area (Å²) in [6.07, 6.45) is 2.02. The van der Waals surface area contributed by atoms with E-state index in [1.165, 1.54) is 19.2 Å². The fourth-order valence-electron chi connectivity index (χ4n) is 1.29. The maximum Gasteiger partial charge on any atom is 0.127 e. The van der Waals surface area contributed by atoms with Crippen LogP contribution in [0.1, 0.15) is 32.3 Å². The molecule has 0 radical (unpaired) electrons. The fourth-order valence-corrected chi connectivity index (χ4v) is 1.29. The van der Waals surface area contributed by atoms with Gasteiger partial charge in [0.25, 0.3) is 0 Å². The molecule has 4 heteroatoms. The molecule has 0 fully saturated rings. The van der Waals surface area contributed by atoms with Crippen molar-refractivity contribution in [2.24, 2.45) is 5.16 Å². The van der Waals surface area contributed by atoms with Gasteiger partial charge >= 0.3 is 0 Å². The molecule has 0 saturated carbocycles. The number of ether oxygens (including phenoxy) is 1. The zero-order valence-corrected chi connectivity index (χ0v) is 10.5. The molecule has 0 N–H and O–H groups in total. The summed E-state index contributed by atoms with van der Waals surface area (Å²) < 4.78 is 18.2. The van der Waals surface area contributed by atoms with E-state index in [0.29, 0.717) is 23.6 Å². The van der Waals surface area contributed by atoms with Gasteiger partial charge in [0, 0.05) is 11.6 Å². The van der Waals surface area contributed by atoms with Gasteiger partial charge in [0.1, 0.15) is 18.2 Å². The lowest BCUT2D eigenvalue weighted by Crippen LogP contribution is -1.99. The summed E-state index contributed by atoms with van der Waals surface area (Å²) in [6.45, 7) is 4.44. The van der Waals surface area contributed by atoms with Crippen LogP contribution in [0.4, 0.5) is 4.39 Å². The highest BCUT2D eigenvalue weighted by molar-refractivity contribution is 5.98. The Morgan fingerprint density at radius 2 is 2.12 bits per heavy atom. The van der Waals surface area contributed by atoms with Gasteiger partial charge in [-0.3, -0.25) is 0 Å². The monoisotopic (exact) mass is 239 g/mol. The molecule has 0 aliphatic carbocycles. The van der Waals surface area contributed by atoms with Crippen LogP contribution in [0.2, 0.25) is 0 Å². The molecule has 0 amide bonds. The van der Waals surface area contributed by atoms with Gasteiger partial charge in [0.2, 0.25) is 0 Å². The minimum Gasteiger partial charge on any atom is -0.497 e. The highest BCUT2D eigenvalue weighted by Crippen LogP contribution is 2.16. The summed E-state index contributed by atoms with van der Waals surface area (Å²) in [5.41, 5.74) is 1.30. The Balaban J connectivity index is 2.73. The van der Waals surface area contributed by atoms with E-state index in [1.807, 2.05) is 0 Å². The normalized spacial score (nSPS) is 11.4. The quantitative estimate of drug-likeness (QED) is 0.433. The maximum absolute atomic E-state index is 13.2. The number of rotatable bonds is 6. The first-order chi connectivity index (χ1) is 8.17. The Labute approximate surface area is 101 Å². The first-order valence-electron chi connectivity index (χ1n) is 5.69. The van der Waals surface area contributed by atoms with Crippen LogP contribution in [0.3, 0.4) is 0 Å². The summed E-state index contributed by atoms with van der Waals surface area (Å²) in [4.78, 5) is 5.13. The number of halogens is 1. The number of hydrogen-bond donors (Lipinski definition) is 0. The van der Waals surface area contributed by atoms with Gasteiger partial charge in [-0.15, -0.1) is 0 Å². The van der Waals surface area contributed by atoms with E-state index in [9.17, 15) is 4.39 Å². The van der Waals surface area contributed by atoms with Crippen LogP contribution < -0.4 is 4.74 Å². The third-order valence-corrected chi connectivity index (χ3v) is 2.32. The van der Waals surface area contributed by atoms with Crippen LogP contribution in [0.25, 0.3) is 0 Å². The third-order valence-electron chi connectivity index (χ3n) is 2.32. The Kier molecular flexibility index (Phi) is 5.46. The highest BCUT2D eigenvalue weighted by atomic mass is 19.1. The van der Waals surface area contributed by atoms with Crippen molar-refractivity contribution >= 4 is 5.71 Å². The predicted molar refractivity (Wildman–Crippen MR) is 66.0 cm³/mol. The molecule has 0 unspecified atom stereocenters. The molecule has 1 rings (SSSR count). The van der Waals surface area contributed by atoms with Crippen molar-refractivity contribution in [1.82, 2.24) is 0 Å². The molecule has 17 heavy (non-hydrogen) atoms. The van der Waals surface area contributed by atoms with Crippen LogP contribution in [-0.2, 0) is 4.84 Å². The zero-order chi connectivity index (χ0) is 12.7. The van der Waals surface area contributed by atoms with E-state index >= 15 is 0 Å². The fraction of sp³-hybridized carbons (Fsp3) is 0.462. The molecule has 1 aromatic rings. The zero-order valence-electron chi connectivity index (χ0n) is 10.5. The van der Waals surface area contributed by atoms with E-state index in [2.05, 4.69) is 12.1 Å². The van der Waals surface area contributed by atoms with Crippen molar-refractivity contribution in [1.29, 1.82) is 0 Å². The van der Waals surface area contributed by atoms with Gasteiger partial charge in [0.05, 0.1) is 12.8 Å². The number of benzene rings is 1. The van der Waals surface area contributed by atoms with Gasteiger partial charge in [0.15, 0.2) is 0 Å². The van der Waals surface area contributed by atoms with Gasteiger partial charge < -0.3 is 9.57 Å². The molecule has 0 atom stereocenters. The minimum atomic E-state index is -0.345. The minimum absolute atomic E-state index is 0.345. The number of hydrogen-bond acceptors (Lipinski definition) is 3. The van der Waals surface area contributed by atoms with E-state index in [4.69, 9.17) is 9.57 Å². The highest BCUT2D eigenvalue weighted by Gasteiger charge is 2.04. The third kappa shape index (κ3) is 4.43. The number of nitrogens with zero attached hydrogens (tertiary/aromatic N) is 1. The second kappa shape index (κ2) is 6.89. The number of methoxy groups -OCH3 is 1. The van der Waals surface area contributed by atoms with Gasteiger partial charge in [-0.1, -0.05) is 18.5 Å². The molecular weight excluding hydrogens is 221 g/mol. The summed E-state index contributed by atoms with van der Waals surface area (Å²) in [6, 6.07) is 4.46. The summed E-state index contributed by atoms with van der Waals surface area (Å²) in [7, 11) is 1.50. The van der Waals surface area contributed by atoms with E-state index < -0.39 is 0 Å². The largest absolute Gasteiger partial charge is 0.497 e. The molecule has 0 aliphatic heterocycles. The second-order valence-electron chi connectivity index (χ2n) is 3.74. The molecule has 3 nitrogen and oxygen atoms in total. The second-order valence-corrected chi connectivity index (χ2v) is 3.74. The molecule has 0 aliphatic rings. The van der Waals surface area contributed by atoms with Crippen molar-refractivity contribution in [2.45, 2.75) is 26.7 Å². The molecule has 0 heterocycles. The standard InChI is InChI=1S/C13H18FNO2/c1-4-5-6-17-15-10(2)11-7-12(14)9-13(8-11)16-3/h7-9H,4-6H2,1-3H3/b15-10+. The Hall–Kier alpha value is -1.58. The average Bonchev–Trinajstić information content (AvgIpc) is 2.33. The van der Waals surface area contributed by atoms with Crippen molar-refractivity contribution < 1.29 is 14.0 Å². The molecule has 0 spiro atoms. The topological polar surface area (TPSA) is 30.8 Å². The summed E-state index contributed by atoms with van der Waals surface area (Å²) in [5, 5.41) is 3.94. The predicted octanol–water partition coefficient (Wildman–Crippen LogP) is 3.38. The van der Waals surface area contributed by atoms with Crippen LogP contribution in [-0.4, -0.2) is 19.4 Å². The SMILES string of the molecule is CCCCO/N=C(\C)c1cc(F)cc(OC)c1. The number of unbranched alkanes of at least 4 members (excludes halogenated alkanes) is 1. The van der Waals surface area contributed by atoms with E-state index in [-0.39, 0.29) is 5.82 Å². The maximum atomic E-state index is 13.2. The van der Waals surface area contributed by atoms with Crippen molar-refractivity contribution in [3.05, 3.63) is 29.6 Å². The van der Waals surface area contributed by atoms with E-state index in [0.717, 1.165) is 12.8 Å². The lowest BCUT2D eigenvalue weighted by molar-refractivity contribution is 0.141. The Morgan fingerprint density at radius 1 is 1.35 bits per heavy atom. The Bertz CT molecular complexity index is 391. The smallest absolute Gasteiger partial charge is 0.127 e. The van der Waals surface area contributed by atoms with Crippen LogP contribution >= 0.6 is 0 Å².